The van der Waals surface area contributed by atoms with E-state index >= 15 is 0 Å². The van der Waals surface area contributed by atoms with Gasteiger partial charge in [-0.05, 0) is 13.0 Å². The Morgan fingerprint density at radius 1 is 1.52 bits per heavy atom. The highest BCUT2D eigenvalue weighted by Gasteiger charge is 2.33. The minimum Gasteiger partial charge on any atom is -0.490 e. The first-order chi connectivity index (χ1) is 9.97. The Kier molecular flexibility index (Phi) is 4.06. The smallest absolute Gasteiger partial charge is 0.311 e. The molecule has 1 fully saturated rings. The van der Waals surface area contributed by atoms with Gasteiger partial charge in [0.1, 0.15) is 6.04 Å². The lowest BCUT2D eigenvalue weighted by atomic mass is 10.1. The maximum absolute atomic E-state index is 12.6. The third kappa shape index (κ3) is 2.64. The Balaban J connectivity index is 2.41. The quantitative estimate of drug-likeness (QED) is 0.648. The van der Waals surface area contributed by atoms with E-state index < -0.39 is 16.9 Å². The second kappa shape index (κ2) is 5.78. The summed E-state index contributed by atoms with van der Waals surface area (Å²) in [4.78, 5) is 35.9. The molecule has 1 heterocycles. The summed E-state index contributed by atoms with van der Waals surface area (Å²) >= 11 is 0. The van der Waals surface area contributed by atoms with E-state index in [1.165, 1.54) is 30.2 Å². The summed E-state index contributed by atoms with van der Waals surface area (Å²) in [5, 5.41) is 13.6. The molecule has 21 heavy (non-hydrogen) atoms. The number of amides is 2. The van der Waals surface area contributed by atoms with Crippen molar-refractivity contribution in [2.75, 3.05) is 20.2 Å². The van der Waals surface area contributed by atoms with Gasteiger partial charge in [-0.1, -0.05) is 6.07 Å². The van der Waals surface area contributed by atoms with Crippen LogP contribution in [0.25, 0.3) is 0 Å². The second-order valence-electron chi connectivity index (χ2n) is 4.58. The van der Waals surface area contributed by atoms with Crippen molar-refractivity contribution < 1.29 is 19.2 Å². The number of hydrogen-bond acceptors (Lipinski definition) is 5. The fourth-order valence-corrected chi connectivity index (χ4v) is 2.27. The van der Waals surface area contributed by atoms with Gasteiger partial charge in [-0.25, -0.2) is 0 Å². The van der Waals surface area contributed by atoms with Crippen LogP contribution >= 0.6 is 0 Å². The van der Waals surface area contributed by atoms with Crippen LogP contribution in [0.2, 0.25) is 0 Å². The van der Waals surface area contributed by atoms with Crippen LogP contribution in [0.4, 0.5) is 5.69 Å². The first-order valence-electron chi connectivity index (χ1n) is 6.37. The average Bonchev–Trinajstić information content (AvgIpc) is 2.48. The van der Waals surface area contributed by atoms with Gasteiger partial charge in [0.15, 0.2) is 0 Å². The monoisotopic (exact) mass is 293 g/mol. The number of hydrogen-bond donors (Lipinski definition) is 1. The Bertz CT molecular complexity index is 601. The van der Waals surface area contributed by atoms with E-state index in [1.54, 1.807) is 6.92 Å². The van der Waals surface area contributed by atoms with Crippen LogP contribution in [0.5, 0.6) is 5.75 Å². The number of nitrogens with zero attached hydrogens (tertiary/aromatic N) is 2. The Labute approximate surface area is 120 Å². The molecule has 0 bridgehead atoms. The number of para-hydroxylation sites is 1. The van der Waals surface area contributed by atoms with E-state index in [2.05, 4.69) is 5.32 Å². The van der Waals surface area contributed by atoms with Crippen molar-refractivity contribution in [1.29, 1.82) is 0 Å². The van der Waals surface area contributed by atoms with Gasteiger partial charge in [0.05, 0.1) is 17.6 Å². The van der Waals surface area contributed by atoms with Gasteiger partial charge in [0.2, 0.25) is 11.7 Å². The molecule has 2 amide bonds. The predicted octanol–water partition coefficient (Wildman–Crippen LogP) is 0.564. The number of methoxy groups -OCH3 is 1. The van der Waals surface area contributed by atoms with E-state index in [4.69, 9.17) is 4.74 Å². The fraction of sp³-hybridized carbons (Fsp3) is 0.385. The molecule has 2 rings (SSSR count). The van der Waals surface area contributed by atoms with Gasteiger partial charge >= 0.3 is 5.69 Å². The van der Waals surface area contributed by atoms with Gasteiger partial charge in [-0.15, -0.1) is 0 Å². The summed E-state index contributed by atoms with van der Waals surface area (Å²) < 4.78 is 5.02. The van der Waals surface area contributed by atoms with Crippen LogP contribution in [0.15, 0.2) is 18.2 Å². The molecule has 0 spiro atoms. The molecule has 1 aliphatic heterocycles. The summed E-state index contributed by atoms with van der Waals surface area (Å²) in [6, 6.07) is 3.51. The number of carbonyl (C=O) groups is 2. The van der Waals surface area contributed by atoms with Crippen molar-refractivity contribution in [1.82, 2.24) is 10.2 Å². The SMILES string of the molecule is COc1c(C(=O)N2CCNC(=O)C2C)cccc1[N+](=O)[O-]. The molecule has 8 heteroatoms. The van der Waals surface area contributed by atoms with Gasteiger partial charge < -0.3 is 15.0 Å². The lowest BCUT2D eigenvalue weighted by molar-refractivity contribution is -0.385. The predicted molar refractivity (Wildman–Crippen MR) is 73.2 cm³/mol. The van der Waals surface area contributed by atoms with Crippen LogP contribution in [0.3, 0.4) is 0 Å². The molecule has 1 saturated heterocycles. The van der Waals surface area contributed by atoms with Crippen molar-refractivity contribution in [3.8, 4) is 5.75 Å². The summed E-state index contributed by atoms with van der Waals surface area (Å²) in [6.07, 6.45) is 0. The van der Waals surface area contributed by atoms with Crippen LogP contribution in [0.1, 0.15) is 17.3 Å². The molecule has 1 atom stereocenters. The molecular weight excluding hydrogens is 278 g/mol. The van der Waals surface area contributed by atoms with E-state index in [-0.39, 0.29) is 22.9 Å². The minimum atomic E-state index is -0.629. The molecule has 1 unspecified atom stereocenters. The van der Waals surface area contributed by atoms with Crippen LogP contribution in [-0.4, -0.2) is 47.9 Å². The van der Waals surface area contributed by atoms with Crippen molar-refractivity contribution >= 4 is 17.5 Å². The number of ether oxygens (including phenoxy) is 1. The zero-order chi connectivity index (χ0) is 15.6. The lowest BCUT2D eigenvalue weighted by Crippen LogP contribution is -2.55. The zero-order valence-corrected chi connectivity index (χ0v) is 11.7. The Morgan fingerprint density at radius 3 is 2.86 bits per heavy atom. The summed E-state index contributed by atoms with van der Waals surface area (Å²) in [6.45, 7) is 2.31. The molecule has 0 aromatic heterocycles. The molecule has 112 valence electrons. The highest BCUT2D eigenvalue weighted by atomic mass is 16.6. The van der Waals surface area contributed by atoms with Crippen molar-refractivity contribution in [2.24, 2.45) is 0 Å². The topological polar surface area (TPSA) is 102 Å². The van der Waals surface area contributed by atoms with Gasteiger partial charge in [-0.2, -0.15) is 0 Å². The highest BCUT2D eigenvalue weighted by Crippen LogP contribution is 2.31. The molecule has 8 nitrogen and oxygen atoms in total. The van der Waals surface area contributed by atoms with Gasteiger partial charge in [0, 0.05) is 19.2 Å². The number of nitro groups is 1. The number of carbonyl (C=O) groups excluding carboxylic acids is 2. The third-order valence-electron chi connectivity index (χ3n) is 3.39. The lowest BCUT2D eigenvalue weighted by Gasteiger charge is -2.33. The van der Waals surface area contributed by atoms with Crippen molar-refractivity contribution in [3.05, 3.63) is 33.9 Å². The second-order valence-corrected chi connectivity index (χ2v) is 4.58. The van der Waals surface area contributed by atoms with Crippen molar-refractivity contribution in [2.45, 2.75) is 13.0 Å². The number of benzene rings is 1. The zero-order valence-electron chi connectivity index (χ0n) is 11.7. The molecule has 1 aromatic rings. The standard InChI is InChI=1S/C13H15N3O5/c1-8-12(17)14-6-7-15(8)13(18)9-4-3-5-10(16(19)20)11(9)21-2/h3-5,8H,6-7H2,1-2H3,(H,14,17). The summed E-state index contributed by atoms with van der Waals surface area (Å²) in [5.41, 5.74) is -0.203. The number of piperazine rings is 1. The van der Waals surface area contributed by atoms with E-state index in [1.807, 2.05) is 0 Å². The van der Waals surface area contributed by atoms with Crippen LogP contribution < -0.4 is 10.1 Å². The normalized spacial score (nSPS) is 18.1. The minimum absolute atomic E-state index is 0.0771. The number of rotatable bonds is 3. The average molecular weight is 293 g/mol. The molecule has 0 saturated carbocycles. The number of nitro benzene ring substituents is 1. The van der Waals surface area contributed by atoms with E-state index in [0.29, 0.717) is 13.1 Å². The van der Waals surface area contributed by atoms with Gasteiger partial charge in [0.25, 0.3) is 5.91 Å². The molecule has 1 N–H and O–H groups in total. The first-order valence-corrected chi connectivity index (χ1v) is 6.37. The van der Waals surface area contributed by atoms with E-state index in [0.717, 1.165) is 0 Å². The Hall–Kier alpha value is -2.64. The molecular formula is C13H15N3O5. The summed E-state index contributed by atoms with van der Waals surface area (Å²) in [7, 11) is 1.27. The third-order valence-corrected chi connectivity index (χ3v) is 3.39. The van der Waals surface area contributed by atoms with Gasteiger partial charge in [-0.3, -0.25) is 19.7 Å². The first kappa shape index (κ1) is 14.8. The molecule has 1 aromatic carbocycles. The van der Waals surface area contributed by atoms with Crippen molar-refractivity contribution in [3.63, 3.8) is 0 Å². The largest absolute Gasteiger partial charge is 0.490 e. The molecule has 0 radical (unpaired) electrons. The number of nitrogens with one attached hydrogen (secondary N) is 1. The fourth-order valence-electron chi connectivity index (χ4n) is 2.27. The Morgan fingerprint density at radius 2 is 2.24 bits per heavy atom. The molecule has 1 aliphatic rings. The van der Waals surface area contributed by atoms with Crippen LogP contribution in [-0.2, 0) is 4.79 Å². The van der Waals surface area contributed by atoms with E-state index in [9.17, 15) is 19.7 Å². The maximum Gasteiger partial charge on any atom is 0.311 e. The van der Waals surface area contributed by atoms with Crippen LogP contribution in [0, 0.1) is 10.1 Å². The molecule has 0 aliphatic carbocycles. The maximum atomic E-state index is 12.6. The summed E-state index contributed by atoms with van der Waals surface area (Å²) in [5.74, 6) is -0.803. The highest BCUT2D eigenvalue weighted by molar-refractivity contribution is 6.01.